The third-order valence-electron chi connectivity index (χ3n) is 4.15. The van der Waals surface area contributed by atoms with E-state index >= 15 is 0 Å². The van der Waals surface area contributed by atoms with Gasteiger partial charge in [0.05, 0.1) is 6.10 Å². The van der Waals surface area contributed by atoms with Gasteiger partial charge in [-0.1, -0.05) is 13.8 Å². The second-order valence-electron chi connectivity index (χ2n) is 5.94. The van der Waals surface area contributed by atoms with Crippen LogP contribution in [-0.2, 0) is 9.59 Å². The van der Waals surface area contributed by atoms with Gasteiger partial charge in [0.25, 0.3) is 0 Å². The summed E-state index contributed by atoms with van der Waals surface area (Å²) in [6.45, 7) is 4.16. The third-order valence-corrected chi connectivity index (χ3v) is 4.15. The molecule has 1 N–H and O–H groups in total. The van der Waals surface area contributed by atoms with Gasteiger partial charge in [-0.3, -0.25) is 14.5 Å². The zero-order valence-corrected chi connectivity index (χ0v) is 10.6. The van der Waals surface area contributed by atoms with E-state index in [0.717, 1.165) is 12.8 Å². The first-order valence-corrected chi connectivity index (χ1v) is 6.45. The van der Waals surface area contributed by atoms with Crippen LogP contribution >= 0.6 is 0 Å². The van der Waals surface area contributed by atoms with Crippen LogP contribution in [0, 0.1) is 5.41 Å². The second-order valence-corrected chi connectivity index (χ2v) is 5.94. The predicted octanol–water partition coefficient (Wildman–Crippen LogP) is 1.47. The largest absolute Gasteiger partial charge is 0.393 e. The van der Waals surface area contributed by atoms with E-state index in [2.05, 4.69) is 13.8 Å². The molecule has 0 aromatic heterocycles. The molecule has 2 unspecified atom stereocenters. The molecule has 0 radical (unpaired) electrons. The number of nitrogens with zero attached hydrogens (tertiary/aromatic N) is 1. The van der Waals surface area contributed by atoms with Crippen molar-refractivity contribution in [2.75, 3.05) is 0 Å². The van der Waals surface area contributed by atoms with Gasteiger partial charge < -0.3 is 5.11 Å². The highest BCUT2D eigenvalue weighted by Crippen LogP contribution is 2.40. The molecule has 2 atom stereocenters. The molecule has 1 aliphatic heterocycles. The normalized spacial score (nSPS) is 33.9. The molecule has 2 fully saturated rings. The fourth-order valence-electron chi connectivity index (χ4n) is 2.97. The summed E-state index contributed by atoms with van der Waals surface area (Å²) in [6.07, 6.45) is 3.38. The fourth-order valence-corrected chi connectivity index (χ4v) is 2.97. The van der Waals surface area contributed by atoms with Gasteiger partial charge in [0, 0.05) is 18.9 Å². The highest BCUT2D eigenvalue weighted by molar-refractivity contribution is 5.98. The lowest BCUT2D eigenvalue weighted by atomic mass is 9.71. The standard InChI is InChI=1S/C13H21NO3/c1-13(2)7-6-9(15)8-10(13)14-11(16)4-3-5-12(14)17/h9-10,15H,3-8H2,1-2H3. The Bertz CT molecular complexity index is 322. The predicted molar refractivity (Wildman–Crippen MR) is 63.1 cm³/mol. The van der Waals surface area contributed by atoms with Crippen molar-refractivity contribution in [1.29, 1.82) is 0 Å². The topological polar surface area (TPSA) is 57.6 Å². The van der Waals surface area contributed by atoms with Crippen LogP contribution in [0.5, 0.6) is 0 Å². The van der Waals surface area contributed by atoms with E-state index in [1.54, 1.807) is 0 Å². The average molecular weight is 239 g/mol. The Balaban J connectivity index is 2.23. The minimum atomic E-state index is -0.379. The SMILES string of the molecule is CC1(C)CCC(O)CC1N1C(=O)CCCC1=O. The number of piperidine rings is 1. The molecule has 17 heavy (non-hydrogen) atoms. The molecule has 4 nitrogen and oxygen atoms in total. The number of aliphatic hydroxyl groups excluding tert-OH is 1. The quantitative estimate of drug-likeness (QED) is 0.705. The lowest BCUT2D eigenvalue weighted by Gasteiger charge is -2.46. The van der Waals surface area contributed by atoms with E-state index in [1.807, 2.05) is 0 Å². The molecule has 0 spiro atoms. The van der Waals surface area contributed by atoms with Crippen LogP contribution in [0.3, 0.4) is 0 Å². The van der Waals surface area contributed by atoms with Gasteiger partial charge in [-0.05, 0) is 31.1 Å². The number of hydrogen-bond donors (Lipinski definition) is 1. The summed E-state index contributed by atoms with van der Waals surface area (Å²) in [5.41, 5.74) is -0.0815. The summed E-state index contributed by atoms with van der Waals surface area (Å²) in [7, 11) is 0. The Labute approximate surface area is 102 Å². The van der Waals surface area contributed by atoms with Gasteiger partial charge in [-0.15, -0.1) is 0 Å². The number of carbonyl (C=O) groups excluding carboxylic acids is 2. The Kier molecular flexibility index (Phi) is 3.25. The van der Waals surface area contributed by atoms with Gasteiger partial charge in [0.15, 0.2) is 0 Å². The number of rotatable bonds is 1. The van der Waals surface area contributed by atoms with E-state index in [1.165, 1.54) is 4.90 Å². The van der Waals surface area contributed by atoms with E-state index in [-0.39, 0.29) is 29.4 Å². The highest BCUT2D eigenvalue weighted by atomic mass is 16.3. The number of amides is 2. The number of carbonyl (C=O) groups is 2. The summed E-state index contributed by atoms with van der Waals surface area (Å²) in [5.74, 6) is -0.123. The first kappa shape index (κ1) is 12.6. The molecular formula is C13H21NO3. The van der Waals surface area contributed by atoms with Gasteiger partial charge in [-0.25, -0.2) is 0 Å². The van der Waals surface area contributed by atoms with E-state index in [0.29, 0.717) is 25.7 Å². The zero-order chi connectivity index (χ0) is 12.6. The van der Waals surface area contributed by atoms with Gasteiger partial charge in [0.2, 0.25) is 11.8 Å². The summed E-state index contributed by atoms with van der Waals surface area (Å²) >= 11 is 0. The molecular weight excluding hydrogens is 218 g/mol. The van der Waals surface area contributed by atoms with Gasteiger partial charge >= 0.3 is 0 Å². The molecule has 1 heterocycles. The minimum absolute atomic E-state index is 0.0616. The summed E-state index contributed by atoms with van der Waals surface area (Å²) in [6, 6.07) is -0.133. The highest BCUT2D eigenvalue weighted by Gasteiger charge is 2.44. The molecule has 0 bridgehead atoms. The van der Waals surface area contributed by atoms with Crippen LogP contribution in [0.2, 0.25) is 0 Å². The number of aliphatic hydroxyl groups is 1. The Morgan fingerprint density at radius 2 is 1.82 bits per heavy atom. The smallest absolute Gasteiger partial charge is 0.229 e. The van der Waals surface area contributed by atoms with E-state index in [9.17, 15) is 14.7 Å². The van der Waals surface area contributed by atoms with Crippen LogP contribution in [0.15, 0.2) is 0 Å². The van der Waals surface area contributed by atoms with Crippen molar-refractivity contribution >= 4 is 11.8 Å². The van der Waals surface area contributed by atoms with Crippen LogP contribution in [0.25, 0.3) is 0 Å². The van der Waals surface area contributed by atoms with Crippen LogP contribution < -0.4 is 0 Å². The van der Waals surface area contributed by atoms with Gasteiger partial charge in [0.1, 0.15) is 0 Å². The molecule has 0 aromatic carbocycles. The van der Waals surface area contributed by atoms with Crippen molar-refractivity contribution in [3.8, 4) is 0 Å². The Morgan fingerprint density at radius 1 is 1.24 bits per heavy atom. The molecule has 1 aliphatic carbocycles. The van der Waals surface area contributed by atoms with Crippen molar-refractivity contribution in [2.45, 2.75) is 64.5 Å². The summed E-state index contributed by atoms with van der Waals surface area (Å²) < 4.78 is 0. The number of hydrogen-bond acceptors (Lipinski definition) is 3. The van der Waals surface area contributed by atoms with Crippen molar-refractivity contribution in [2.24, 2.45) is 5.41 Å². The van der Waals surface area contributed by atoms with Crippen molar-refractivity contribution in [3.05, 3.63) is 0 Å². The number of likely N-dealkylation sites (tertiary alicyclic amines) is 1. The van der Waals surface area contributed by atoms with Crippen molar-refractivity contribution in [3.63, 3.8) is 0 Å². The second kappa shape index (κ2) is 4.41. The van der Waals surface area contributed by atoms with Crippen molar-refractivity contribution in [1.82, 2.24) is 4.90 Å². The van der Waals surface area contributed by atoms with E-state index < -0.39 is 0 Å². The molecule has 2 rings (SSSR count). The first-order chi connectivity index (χ1) is 7.92. The first-order valence-electron chi connectivity index (χ1n) is 6.45. The Morgan fingerprint density at radius 3 is 2.41 bits per heavy atom. The van der Waals surface area contributed by atoms with Crippen molar-refractivity contribution < 1.29 is 14.7 Å². The molecule has 2 aliphatic rings. The maximum absolute atomic E-state index is 11.9. The number of imide groups is 1. The minimum Gasteiger partial charge on any atom is -0.393 e. The monoisotopic (exact) mass is 239 g/mol. The van der Waals surface area contributed by atoms with Gasteiger partial charge in [-0.2, -0.15) is 0 Å². The summed E-state index contributed by atoms with van der Waals surface area (Å²) in [4.78, 5) is 25.3. The maximum atomic E-state index is 11.9. The van der Waals surface area contributed by atoms with Crippen LogP contribution in [0.1, 0.15) is 52.4 Å². The zero-order valence-electron chi connectivity index (χ0n) is 10.6. The molecule has 96 valence electrons. The maximum Gasteiger partial charge on any atom is 0.229 e. The van der Waals surface area contributed by atoms with Crippen LogP contribution in [-0.4, -0.2) is 34.0 Å². The summed E-state index contributed by atoms with van der Waals surface area (Å²) in [5, 5.41) is 9.77. The third kappa shape index (κ3) is 2.37. The average Bonchev–Trinajstić information content (AvgIpc) is 2.23. The lowest BCUT2D eigenvalue weighted by molar-refractivity contribution is -0.156. The molecule has 4 heteroatoms. The molecule has 2 amide bonds. The Hall–Kier alpha value is -0.900. The van der Waals surface area contributed by atoms with E-state index in [4.69, 9.17) is 0 Å². The molecule has 0 aromatic rings. The molecule has 1 saturated heterocycles. The lowest BCUT2D eigenvalue weighted by Crippen LogP contribution is -2.56. The van der Waals surface area contributed by atoms with Crippen LogP contribution in [0.4, 0.5) is 0 Å². The fraction of sp³-hybridized carbons (Fsp3) is 0.846. The molecule has 1 saturated carbocycles.